The Morgan fingerprint density at radius 3 is 2.55 bits per heavy atom. The molecule has 1 N–H and O–H groups in total. The van der Waals surface area contributed by atoms with Gasteiger partial charge in [-0.1, -0.05) is 11.6 Å². The first-order valence-electron chi connectivity index (χ1n) is 10.4. The minimum absolute atomic E-state index is 0.0906. The number of ether oxygens (including phenoxy) is 1. The van der Waals surface area contributed by atoms with Crippen molar-refractivity contribution in [1.29, 1.82) is 0 Å². The van der Waals surface area contributed by atoms with Gasteiger partial charge >= 0.3 is 0 Å². The molecule has 0 spiro atoms. The summed E-state index contributed by atoms with van der Waals surface area (Å²) in [5.74, 6) is 3.26. The van der Waals surface area contributed by atoms with Gasteiger partial charge in [-0.15, -0.1) is 0 Å². The lowest BCUT2D eigenvalue weighted by Gasteiger charge is -2.56. The Hall–Kier alpha value is -1.53. The Kier molecular flexibility index (Phi) is 5.11. The smallest absolute Gasteiger partial charge is 0.271 e. The average Bonchev–Trinajstić information content (AvgIpc) is 3.13. The fourth-order valence-corrected chi connectivity index (χ4v) is 6.94. The maximum absolute atomic E-state index is 12.7. The quantitative estimate of drug-likeness (QED) is 0.614. The highest BCUT2D eigenvalue weighted by atomic mass is 79.9. The molecule has 1 aromatic carbocycles. The molecule has 2 aromatic rings. The Morgan fingerprint density at radius 2 is 1.90 bits per heavy atom. The predicted octanol–water partition coefficient (Wildman–Crippen LogP) is 5.28. The second-order valence-corrected chi connectivity index (χ2v) is 10.5. The number of hydrogen-bond acceptors (Lipinski definition) is 3. The van der Waals surface area contributed by atoms with Crippen molar-refractivity contribution < 1.29 is 9.53 Å². The highest BCUT2D eigenvalue weighted by Gasteiger charge is 2.50. The fraction of sp³-hybridized carbons (Fsp3) is 0.545. The van der Waals surface area contributed by atoms with E-state index in [0.29, 0.717) is 21.9 Å². The van der Waals surface area contributed by atoms with Crippen LogP contribution < -0.4 is 10.1 Å². The molecule has 4 fully saturated rings. The second-order valence-electron chi connectivity index (χ2n) is 9.19. The number of hydrogen-bond donors (Lipinski definition) is 1. The highest BCUT2D eigenvalue weighted by Crippen LogP contribution is 2.59. The summed E-state index contributed by atoms with van der Waals surface area (Å²) in [6, 6.07) is 7.10. The van der Waals surface area contributed by atoms with Crippen LogP contribution in [0.15, 0.2) is 34.9 Å². The van der Waals surface area contributed by atoms with E-state index in [2.05, 4.69) is 26.3 Å². The van der Waals surface area contributed by atoms with Crippen molar-refractivity contribution in [2.75, 3.05) is 6.54 Å². The van der Waals surface area contributed by atoms with E-state index in [1.54, 1.807) is 35.1 Å². The molecule has 7 heteroatoms. The summed E-state index contributed by atoms with van der Waals surface area (Å²) >= 11 is 9.38. The van der Waals surface area contributed by atoms with Crippen LogP contribution >= 0.6 is 27.5 Å². The zero-order valence-corrected chi connectivity index (χ0v) is 18.6. The van der Waals surface area contributed by atoms with Crippen LogP contribution in [0.2, 0.25) is 5.02 Å². The van der Waals surface area contributed by atoms with Crippen molar-refractivity contribution in [2.24, 2.45) is 23.2 Å². The third-order valence-electron chi connectivity index (χ3n) is 6.91. The number of carbonyl (C=O) groups excluding carboxylic acids is 1. The minimum atomic E-state index is -0.0906. The molecule has 5 nitrogen and oxygen atoms in total. The van der Waals surface area contributed by atoms with Crippen molar-refractivity contribution in [3.8, 4) is 5.75 Å². The van der Waals surface area contributed by atoms with Crippen LogP contribution in [-0.2, 0) is 6.73 Å². The average molecular weight is 479 g/mol. The monoisotopic (exact) mass is 477 g/mol. The van der Waals surface area contributed by atoms with E-state index in [4.69, 9.17) is 16.3 Å². The van der Waals surface area contributed by atoms with Crippen LogP contribution in [0.5, 0.6) is 5.75 Å². The van der Waals surface area contributed by atoms with Crippen LogP contribution in [0.1, 0.15) is 49.0 Å². The number of aromatic nitrogens is 2. The lowest BCUT2D eigenvalue weighted by Crippen LogP contribution is -2.51. The van der Waals surface area contributed by atoms with E-state index in [1.165, 1.54) is 38.5 Å². The van der Waals surface area contributed by atoms with Crippen molar-refractivity contribution in [2.45, 2.75) is 45.3 Å². The lowest BCUT2D eigenvalue weighted by atomic mass is 9.49. The molecule has 4 saturated carbocycles. The molecule has 1 heterocycles. The molecule has 6 rings (SSSR count). The largest absolute Gasteiger partial charge is 0.470 e. The normalized spacial score (nSPS) is 29.8. The summed E-state index contributed by atoms with van der Waals surface area (Å²) in [7, 11) is 0. The molecule has 29 heavy (non-hydrogen) atoms. The molecule has 0 unspecified atom stereocenters. The van der Waals surface area contributed by atoms with Crippen LogP contribution in [0.4, 0.5) is 0 Å². The maximum atomic E-state index is 12.7. The zero-order valence-electron chi connectivity index (χ0n) is 16.2. The van der Waals surface area contributed by atoms with Gasteiger partial charge in [-0.2, -0.15) is 5.10 Å². The number of nitrogens with zero attached hydrogens (tertiary/aromatic N) is 2. The Labute approximate surface area is 184 Å². The molecular weight excluding hydrogens is 454 g/mol. The molecule has 154 valence electrons. The van der Waals surface area contributed by atoms with E-state index in [-0.39, 0.29) is 12.6 Å². The molecular formula is C22H25BrClN3O2. The number of carbonyl (C=O) groups is 1. The van der Waals surface area contributed by atoms with Gasteiger partial charge in [0.25, 0.3) is 5.91 Å². The van der Waals surface area contributed by atoms with Gasteiger partial charge in [-0.05, 0) is 102 Å². The van der Waals surface area contributed by atoms with Gasteiger partial charge in [0.05, 0.1) is 4.47 Å². The SMILES string of the molecule is O=C(NCC12CC3CC(CC(C3)C1)C2)c1ccn(COc2ccc(Cl)cc2Br)n1. The van der Waals surface area contributed by atoms with Gasteiger partial charge in [0.2, 0.25) is 0 Å². The molecule has 4 aliphatic carbocycles. The van der Waals surface area contributed by atoms with Gasteiger partial charge in [-0.3, -0.25) is 4.79 Å². The number of amides is 1. The summed E-state index contributed by atoms with van der Waals surface area (Å²) < 4.78 is 8.17. The van der Waals surface area contributed by atoms with E-state index < -0.39 is 0 Å². The standard InChI is InChI=1S/C22H25BrClN3O2/c23-18-8-17(24)1-2-20(18)29-13-27-4-3-19(26-27)21(28)25-12-22-9-14-5-15(10-22)7-16(6-14)11-22/h1-4,8,14-16H,5-7,9-13H2,(H,25,28). The molecule has 0 atom stereocenters. The first kappa shape index (κ1) is 19.4. The van der Waals surface area contributed by atoms with E-state index >= 15 is 0 Å². The van der Waals surface area contributed by atoms with E-state index in [0.717, 1.165) is 28.8 Å². The molecule has 0 radical (unpaired) electrons. The van der Waals surface area contributed by atoms with Crippen LogP contribution in [0.3, 0.4) is 0 Å². The summed E-state index contributed by atoms with van der Waals surface area (Å²) in [6.45, 7) is 1.01. The number of benzene rings is 1. The summed E-state index contributed by atoms with van der Waals surface area (Å²) in [6.07, 6.45) is 9.89. The Morgan fingerprint density at radius 1 is 1.21 bits per heavy atom. The van der Waals surface area contributed by atoms with Gasteiger partial charge in [-0.25, -0.2) is 4.68 Å². The molecule has 4 bridgehead atoms. The van der Waals surface area contributed by atoms with Crippen LogP contribution in [0, 0.1) is 23.2 Å². The predicted molar refractivity (Wildman–Crippen MR) is 115 cm³/mol. The first-order valence-corrected chi connectivity index (χ1v) is 11.5. The fourth-order valence-electron chi connectivity index (χ4n) is 6.15. The van der Waals surface area contributed by atoms with Crippen LogP contribution in [0.25, 0.3) is 0 Å². The highest BCUT2D eigenvalue weighted by molar-refractivity contribution is 9.10. The van der Waals surface area contributed by atoms with Crippen molar-refractivity contribution >= 4 is 33.4 Å². The molecule has 4 aliphatic rings. The van der Waals surface area contributed by atoms with Gasteiger partial charge in [0, 0.05) is 17.8 Å². The Bertz CT molecular complexity index is 893. The van der Waals surface area contributed by atoms with Gasteiger partial charge in [0.1, 0.15) is 11.4 Å². The third-order valence-corrected chi connectivity index (χ3v) is 7.76. The first-order chi connectivity index (χ1) is 14.0. The van der Waals surface area contributed by atoms with Gasteiger partial charge in [0.15, 0.2) is 6.73 Å². The maximum Gasteiger partial charge on any atom is 0.271 e. The summed E-state index contributed by atoms with van der Waals surface area (Å²) in [5, 5.41) is 8.20. The minimum Gasteiger partial charge on any atom is -0.470 e. The molecule has 1 aromatic heterocycles. The van der Waals surface area contributed by atoms with Gasteiger partial charge < -0.3 is 10.1 Å². The topological polar surface area (TPSA) is 56.2 Å². The van der Waals surface area contributed by atoms with E-state index in [9.17, 15) is 4.79 Å². The van der Waals surface area contributed by atoms with E-state index in [1.807, 2.05) is 0 Å². The zero-order chi connectivity index (χ0) is 20.0. The van der Waals surface area contributed by atoms with Crippen LogP contribution in [-0.4, -0.2) is 22.2 Å². The number of nitrogens with one attached hydrogen (secondary N) is 1. The summed E-state index contributed by atoms with van der Waals surface area (Å²) in [4.78, 5) is 12.7. The Balaban J connectivity index is 1.17. The molecule has 0 saturated heterocycles. The molecule has 0 aliphatic heterocycles. The summed E-state index contributed by atoms with van der Waals surface area (Å²) in [5.41, 5.74) is 0.769. The van der Waals surface area contributed by atoms with Crippen molar-refractivity contribution in [3.05, 3.63) is 45.7 Å². The number of halogens is 2. The number of rotatable bonds is 6. The lowest BCUT2D eigenvalue weighted by molar-refractivity contribution is -0.0503. The van der Waals surface area contributed by atoms with Crippen molar-refractivity contribution in [1.82, 2.24) is 15.1 Å². The second kappa shape index (κ2) is 7.62. The third kappa shape index (κ3) is 4.06. The van der Waals surface area contributed by atoms with Crippen molar-refractivity contribution in [3.63, 3.8) is 0 Å². The molecule has 1 amide bonds.